The molecular weight excluding hydrogens is 285 g/mol. The summed E-state index contributed by atoms with van der Waals surface area (Å²) in [7, 11) is -1.91. The van der Waals surface area contributed by atoms with E-state index in [9.17, 15) is 17.6 Å². The second-order valence-corrected chi connectivity index (χ2v) is 7.13. The van der Waals surface area contributed by atoms with Crippen LogP contribution in [0.5, 0.6) is 0 Å². The zero-order chi connectivity index (χ0) is 14.8. The molecule has 1 N–H and O–H groups in total. The van der Waals surface area contributed by atoms with Crippen molar-refractivity contribution in [2.45, 2.75) is 18.4 Å². The number of methoxy groups -OCH3 is 1. The van der Waals surface area contributed by atoms with Gasteiger partial charge in [0.1, 0.15) is 11.4 Å². The predicted molar refractivity (Wildman–Crippen MR) is 72.7 cm³/mol. The first-order valence-electron chi connectivity index (χ1n) is 6.20. The molecule has 1 saturated heterocycles. The highest BCUT2D eigenvalue weighted by atomic mass is 32.2. The number of anilines is 1. The van der Waals surface area contributed by atoms with Crippen LogP contribution in [0.2, 0.25) is 0 Å². The smallest absolute Gasteiger partial charge is 0.331 e. The summed E-state index contributed by atoms with van der Waals surface area (Å²) in [6, 6.07) is 5.95. The number of para-hydroxylation sites is 1. The van der Waals surface area contributed by atoms with Crippen LogP contribution in [0, 0.1) is 5.82 Å². The van der Waals surface area contributed by atoms with Crippen molar-refractivity contribution >= 4 is 21.5 Å². The third-order valence-electron chi connectivity index (χ3n) is 3.50. The Balaban J connectivity index is 2.30. The summed E-state index contributed by atoms with van der Waals surface area (Å²) >= 11 is 0. The van der Waals surface area contributed by atoms with Crippen LogP contribution in [0.25, 0.3) is 0 Å². The topological polar surface area (TPSA) is 72.5 Å². The fourth-order valence-electron chi connectivity index (χ4n) is 2.28. The maximum Gasteiger partial charge on any atom is 0.331 e. The molecule has 7 heteroatoms. The molecule has 0 aromatic heterocycles. The van der Waals surface area contributed by atoms with Crippen LogP contribution in [0.3, 0.4) is 0 Å². The van der Waals surface area contributed by atoms with Gasteiger partial charge in [0.15, 0.2) is 9.84 Å². The average molecular weight is 301 g/mol. The maximum absolute atomic E-state index is 13.7. The molecule has 0 unspecified atom stereocenters. The summed E-state index contributed by atoms with van der Waals surface area (Å²) in [6.45, 7) is 0. The highest BCUT2D eigenvalue weighted by Gasteiger charge is 2.44. The van der Waals surface area contributed by atoms with Crippen molar-refractivity contribution in [2.24, 2.45) is 0 Å². The quantitative estimate of drug-likeness (QED) is 0.853. The lowest BCUT2D eigenvalue weighted by atomic mass is 9.91. The standard InChI is InChI=1S/C13H16FNO4S/c1-19-12(16)13(6-8-20(17,18)9-7-13)15-11-5-3-2-4-10(11)14/h2-5,15H,6-9H2,1H3. The number of hydrogen-bond donors (Lipinski definition) is 1. The predicted octanol–water partition coefficient (Wildman–Crippen LogP) is 1.36. The van der Waals surface area contributed by atoms with Gasteiger partial charge in [0.2, 0.25) is 0 Å². The van der Waals surface area contributed by atoms with Crippen LogP contribution >= 0.6 is 0 Å². The van der Waals surface area contributed by atoms with Gasteiger partial charge in [-0.25, -0.2) is 17.6 Å². The number of benzene rings is 1. The van der Waals surface area contributed by atoms with Crippen molar-refractivity contribution < 1.29 is 22.3 Å². The number of ether oxygens (including phenoxy) is 1. The molecule has 0 spiro atoms. The van der Waals surface area contributed by atoms with Crippen LogP contribution in [0.1, 0.15) is 12.8 Å². The molecule has 0 radical (unpaired) electrons. The molecular formula is C13H16FNO4S. The fourth-order valence-corrected chi connectivity index (χ4v) is 3.81. The van der Waals surface area contributed by atoms with Gasteiger partial charge >= 0.3 is 5.97 Å². The molecule has 110 valence electrons. The monoisotopic (exact) mass is 301 g/mol. The lowest BCUT2D eigenvalue weighted by Crippen LogP contribution is -2.52. The molecule has 0 amide bonds. The second-order valence-electron chi connectivity index (χ2n) is 4.83. The first-order chi connectivity index (χ1) is 9.38. The van der Waals surface area contributed by atoms with Crippen molar-refractivity contribution in [1.82, 2.24) is 0 Å². The van der Waals surface area contributed by atoms with Crippen molar-refractivity contribution in [3.05, 3.63) is 30.1 Å². The molecule has 20 heavy (non-hydrogen) atoms. The van der Waals surface area contributed by atoms with E-state index >= 15 is 0 Å². The summed E-state index contributed by atoms with van der Waals surface area (Å²) in [5.74, 6) is -1.31. The molecule has 1 heterocycles. The molecule has 0 aliphatic carbocycles. The van der Waals surface area contributed by atoms with E-state index in [0.29, 0.717) is 0 Å². The van der Waals surface area contributed by atoms with E-state index < -0.39 is 27.2 Å². The van der Waals surface area contributed by atoms with Crippen LogP contribution < -0.4 is 5.32 Å². The van der Waals surface area contributed by atoms with Crippen LogP contribution in [-0.2, 0) is 19.4 Å². The van der Waals surface area contributed by atoms with E-state index in [2.05, 4.69) is 5.32 Å². The van der Waals surface area contributed by atoms with E-state index in [0.717, 1.165) is 0 Å². The summed E-state index contributed by atoms with van der Waals surface area (Å²) in [5, 5.41) is 2.84. The highest BCUT2D eigenvalue weighted by molar-refractivity contribution is 7.91. The van der Waals surface area contributed by atoms with Crippen LogP contribution in [0.15, 0.2) is 24.3 Å². The number of carbonyl (C=O) groups is 1. The molecule has 2 rings (SSSR count). The van der Waals surface area contributed by atoms with Gasteiger partial charge in [-0.2, -0.15) is 0 Å². The van der Waals surface area contributed by atoms with E-state index in [1.807, 2.05) is 0 Å². The lowest BCUT2D eigenvalue weighted by Gasteiger charge is -2.35. The molecule has 5 nitrogen and oxygen atoms in total. The zero-order valence-corrected chi connectivity index (χ0v) is 11.9. The largest absolute Gasteiger partial charge is 0.467 e. The summed E-state index contributed by atoms with van der Waals surface area (Å²) in [6.07, 6.45) is 0.132. The Morgan fingerprint density at radius 2 is 1.90 bits per heavy atom. The van der Waals surface area contributed by atoms with Crippen molar-refractivity contribution in [3.63, 3.8) is 0 Å². The normalized spacial score (nSPS) is 20.1. The fraction of sp³-hybridized carbons (Fsp3) is 0.462. The van der Waals surface area contributed by atoms with Crippen LogP contribution in [-0.4, -0.2) is 38.5 Å². The van der Waals surface area contributed by atoms with Gasteiger partial charge in [0, 0.05) is 0 Å². The Kier molecular flexibility index (Phi) is 3.99. The molecule has 0 saturated carbocycles. The molecule has 1 fully saturated rings. The van der Waals surface area contributed by atoms with Gasteiger partial charge in [-0.3, -0.25) is 0 Å². The SMILES string of the molecule is COC(=O)C1(Nc2ccccc2F)CCS(=O)(=O)CC1. The van der Waals surface area contributed by atoms with E-state index in [1.54, 1.807) is 6.07 Å². The Hall–Kier alpha value is -1.63. The number of esters is 1. The Morgan fingerprint density at radius 1 is 1.30 bits per heavy atom. The number of hydrogen-bond acceptors (Lipinski definition) is 5. The van der Waals surface area contributed by atoms with E-state index in [1.165, 1.54) is 25.3 Å². The molecule has 0 atom stereocenters. The Morgan fingerprint density at radius 3 is 2.45 bits per heavy atom. The third-order valence-corrected chi connectivity index (χ3v) is 5.16. The minimum Gasteiger partial charge on any atom is -0.467 e. The second kappa shape index (κ2) is 5.40. The third kappa shape index (κ3) is 2.92. The number of halogens is 1. The number of nitrogens with one attached hydrogen (secondary N) is 1. The van der Waals surface area contributed by atoms with Gasteiger partial charge in [-0.1, -0.05) is 12.1 Å². The first kappa shape index (κ1) is 14.8. The zero-order valence-electron chi connectivity index (χ0n) is 11.1. The van der Waals surface area contributed by atoms with Gasteiger partial charge < -0.3 is 10.1 Å². The minimum atomic E-state index is -3.14. The summed E-state index contributed by atoms with van der Waals surface area (Å²) in [5.41, 5.74) is -1.03. The Labute approximate surface area is 117 Å². The Bertz CT molecular complexity index is 601. The summed E-state index contributed by atoms with van der Waals surface area (Å²) in [4.78, 5) is 12.0. The van der Waals surface area contributed by atoms with Gasteiger partial charge in [-0.05, 0) is 25.0 Å². The van der Waals surface area contributed by atoms with E-state index in [-0.39, 0.29) is 30.0 Å². The van der Waals surface area contributed by atoms with Crippen LogP contribution in [0.4, 0.5) is 10.1 Å². The van der Waals surface area contributed by atoms with Gasteiger partial charge in [0.25, 0.3) is 0 Å². The van der Waals surface area contributed by atoms with Crippen molar-refractivity contribution in [2.75, 3.05) is 23.9 Å². The van der Waals surface area contributed by atoms with Crippen molar-refractivity contribution in [3.8, 4) is 0 Å². The molecule has 1 aliphatic rings. The van der Waals surface area contributed by atoms with Crippen molar-refractivity contribution in [1.29, 1.82) is 0 Å². The minimum absolute atomic E-state index is 0.0658. The summed E-state index contributed by atoms with van der Waals surface area (Å²) < 4.78 is 41.5. The van der Waals surface area contributed by atoms with Gasteiger partial charge in [0.05, 0.1) is 24.3 Å². The molecule has 1 aromatic rings. The molecule has 1 aromatic carbocycles. The maximum atomic E-state index is 13.7. The highest BCUT2D eigenvalue weighted by Crippen LogP contribution is 2.30. The number of sulfone groups is 1. The molecule has 0 bridgehead atoms. The number of carbonyl (C=O) groups excluding carboxylic acids is 1. The lowest BCUT2D eigenvalue weighted by molar-refractivity contribution is -0.146. The first-order valence-corrected chi connectivity index (χ1v) is 8.02. The average Bonchev–Trinajstić information content (AvgIpc) is 2.43. The molecule has 1 aliphatic heterocycles. The van der Waals surface area contributed by atoms with E-state index in [4.69, 9.17) is 4.74 Å². The van der Waals surface area contributed by atoms with Gasteiger partial charge in [-0.15, -0.1) is 0 Å². The number of rotatable bonds is 3.